The predicted molar refractivity (Wildman–Crippen MR) is 58.3 cm³/mol. The van der Waals surface area contributed by atoms with Gasteiger partial charge in [0.05, 0.1) is 18.5 Å². The van der Waals surface area contributed by atoms with Crippen molar-refractivity contribution in [2.24, 2.45) is 0 Å². The summed E-state index contributed by atoms with van der Waals surface area (Å²) in [4.78, 5) is 19.4. The van der Waals surface area contributed by atoms with Gasteiger partial charge in [-0.2, -0.15) is 0 Å². The summed E-state index contributed by atoms with van der Waals surface area (Å²) in [6.45, 7) is 0. The molecule has 1 fully saturated rings. The number of hydrogen-bond donors (Lipinski definition) is 1. The number of ether oxygens (including phenoxy) is 1. The number of amides is 1. The lowest BCUT2D eigenvalue weighted by molar-refractivity contribution is 0.0175. The van der Waals surface area contributed by atoms with E-state index in [0.29, 0.717) is 0 Å². The molecular formula is C10H12ClN3O2. The average molecular weight is 242 g/mol. The molecule has 0 aliphatic heterocycles. The third-order valence-electron chi connectivity index (χ3n) is 2.60. The zero-order valence-corrected chi connectivity index (χ0v) is 9.57. The van der Waals surface area contributed by atoms with Gasteiger partial charge in [-0.3, -0.25) is 9.78 Å². The number of halogens is 1. The van der Waals surface area contributed by atoms with Crippen LogP contribution in [-0.4, -0.2) is 35.1 Å². The van der Waals surface area contributed by atoms with Crippen LogP contribution < -0.4 is 5.32 Å². The minimum absolute atomic E-state index is 0.165. The standard InChI is InChI=1S/C10H12ClN3O2/c1-16-7-2-6(3-7)13-10(15)8-4-12-5-9(11)14-8/h4-7H,2-3H2,1H3,(H,13,15). The number of carbonyl (C=O) groups is 1. The van der Waals surface area contributed by atoms with Crippen molar-refractivity contribution in [2.45, 2.75) is 25.0 Å². The summed E-state index contributed by atoms with van der Waals surface area (Å²) >= 11 is 5.65. The maximum atomic E-state index is 11.7. The number of hydrogen-bond acceptors (Lipinski definition) is 4. The minimum atomic E-state index is -0.241. The molecule has 1 aliphatic rings. The molecule has 1 amide bonds. The number of nitrogens with zero attached hydrogens (tertiary/aromatic N) is 2. The van der Waals surface area contributed by atoms with Gasteiger partial charge in [-0.05, 0) is 12.8 Å². The Morgan fingerprint density at radius 3 is 2.94 bits per heavy atom. The first-order chi connectivity index (χ1) is 7.69. The Labute approximate surface area is 98.2 Å². The van der Waals surface area contributed by atoms with E-state index in [-0.39, 0.29) is 28.9 Å². The molecule has 0 saturated heterocycles. The van der Waals surface area contributed by atoms with Crippen LogP contribution in [0.15, 0.2) is 12.4 Å². The van der Waals surface area contributed by atoms with E-state index in [0.717, 1.165) is 12.8 Å². The van der Waals surface area contributed by atoms with Crippen molar-refractivity contribution in [3.63, 3.8) is 0 Å². The van der Waals surface area contributed by atoms with Gasteiger partial charge in [0.15, 0.2) is 0 Å². The van der Waals surface area contributed by atoms with Gasteiger partial charge in [-0.15, -0.1) is 0 Å². The van der Waals surface area contributed by atoms with Gasteiger partial charge in [-0.1, -0.05) is 11.6 Å². The van der Waals surface area contributed by atoms with E-state index in [1.165, 1.54) is 12.4 Å². The average Bonchev–Trinajstić information content (AvgIpc) is 2.22. The fraction of sp³-hybridized carbons (Fsp3) is 0.500. The molecule has 1 aliphatic carbocycles. The van der Waals surface area contributed by atoms with Crippen LogP contribution in [0.25, 0.3) is 0 Å². The summed E-state index contributed by atoms with van der Waals surface area (Å²) in [6, 6.07) is 0.165. The van der Waals surface area contributed by atoms with Crippen LogP contribution in [0.1, 0.15) is 23.3 Å². The Hall–Kier alpha value is -1.20. The van der Waals surface area contributed by atoms with Crippen molar-refractivity contribution in [2.75, 3.05) is 7.11 Å². The fourth-order valence-electron chi connectivity index (χ4n) is 1.59. The summed E-state index contributed by atoms with van der Waals surface area (Å²) in [6.07, 6.45) is 4.73. The van der Waals surface area contributed by atoms with Crippen LogP contribution in [0.2, 0.25) is 5.15 Å². The van der Waals surface area contributed by atoms with Gasteiger partial charge >= 0.3 is 0 Å². The maximum Gasteiger partial charge on any atom is 0.271 e. The molecule has 1 aromatic heterocycles. The van der Waals surface area contributed by atoms with Crippen molar-refractivity contribution < 1.29 is 9.53 Å². The molecule has 2 rings (SSSR count). The molecule has 0 unspecified atom stereocenters. The molecule has 0 radical (unpaired) electrons. The normalized spacial score (nSPS) is 23.6. The molecule has 1 saturated carbocycles. The highest BCUT2D eigenvalue weighted by Gasteiger charge is 2.30. The van der Waals surface area contributed by atoms with Crippen LogP contribution in [-0.2, 0) is 4.74 Å². The van der Waals surface area contributed by atoms with E-state index in [9.17, 15) is 4.79 Å². The molecule has 16 heavy (non-hydrogen) atoms. The molecule has 1 aromatic rings. The van der Waals surface area contributed by atoms with Crippen molar-refractivity contribution >= 4 is 17.5 Å². The number of rotatable bonds is 3. The first-order valence-electron chi connectivity index (χ1n) is 5.00. The topological polar surface area (TPSA) is 64.1 Å². The molecule has 86 valence electrons. The van der Waals surface area contributed by atoms with Crippen LogP contribution in [0.3, 0.4) is 0 Å². The van der Waals surface area contributed by atoms with Gasteiger partial charge in [0, 0.05) is 13.2 Å². The Balaban J connectivity index is 1.89. The summed E-state index contributed by atoms with van der Waals surface area (Å²) in [5.41, 5.74) is 0.244. The summed E-state index contributed by atoms with van der Waals surface area (Å²) < 4.78 is 5.12. The van der Waals surface area contributed by atoms with Crippen LogP contribution >= 0.6 is 11.6 Å². The van der Waals surface area contributed by atoms with Crippen LogP contribution in [0, 0.1) is 0 Å². The number of methoxy groups -OCH3 is 1. The van der Waals surface area contributed by atoms with Gasteiger partial charge in [0.2, 0.25) is 0 Å². The highest BCUT2D eigenvalue weighted by molar-refractivity contribution is 6.29. The van der Waals surface area contributed by atoms with E-state index < -0.39 is 0 Å². The molecule has 0 bridgehead atoms. The van der Waals surface area contributed by atoms with Crippen molar-refractivity contribution in [3.8, 4) is 0 Å². The number of carbonyl (C=O) groups excluding carboxylic acids is 1. The molecule has 6 heteroatoms. The second-order valence-electron chi connectivity index (χ2n) is 3.73. The molecule has 1 heterocycles. The molecule has 5 nitrogen and oxygen atoms in total. The molecule has 0 spiro atoms. The quantitative estimate of drug-likeness (QED) is 0.859. The van der Waals surface area contributed by atoms with Crippen molar-refractivity contribution in [1.82, 2.24) is 15.3 Å². The molecule has 0 atom stereocenters. The van der Waals surface area contributed by atoms with Crippen molar-refractivity contribution in [1.29, 1.82) is 0 Å². The third kappa shape index (κ3) is 2.48. The van der Waals surface area contributed by atoms with E-state index in [2.05, 4.69) is 15.3 Å². The van der Waals surface area contributed by atoms with Gasteiger partial charge in [0.1, 0.15) is 10.8 Å². The second-order valence-corrected chi connectivity index (χ2v) is 4.11. The minimum Gasteiger partial charge on any atom is -0.381 e. The van der Waals surface area contributed by atoms with E-state index in [4.69, 9.17) is 16.3 Å². The largest absolute Gasteiger partial charge is 0.381 e. The smallest absolute Gasteiger partial charge is 0.271 e. The molecular weight excluding hydrogens is 230 g/mol. The lowest BCUT2D eigenvalue weighted by Crippen LogP contribution is -2.47. The zero-order chi connectivity index (χ0) is 11.5. The second kappa shape index (κ2) is 4.76. The lowest BCUT2D eigenvalue weighted by atomic mass is 9.89. The Kier molecular flexibility index (Phi) is 3.36. The lowest BCUT2D eigenvalue weighted by Gasteiger charge is -2.34. The highest BCUT2D eigenvalue weighted by Crippen LogP contribution is 2.22. The third-order valence-corrected chi connectivity index (χ3v) is 2.78. The van der Waals surface area contributed by atoms with Gasteiger partial charge in [0.25, 0.3) is 5.91 Å². The van der Waals surface area contributed by atoms with E-state index in [1.54, 1.807) is 7.11 Å². The summed E-state index contributed by atoms with van der Waals surface area (Å²) in [7, 11) is 1.67. The van der Waals surface area contributed by atoms with Gasteiger partial charge in [-0.25, -0.2) is 4.98 Å². The van der Waals surface area contributed by atoms with Crippen LogP contribution in [0.5, 0.6) is 0 Å². The number of nitrogens with one attached hydrogen (secondary N) is 1. The number of aromatic nitrogens is 2. The zero-order valence-electron chi connectivity index (χ0n) is 8.81. The fourth-order valence-corrected chi connectivity index (χ4v) is 1.73. The Bertz CT molecular complexity index is 393. The van der Waals surface area contributed by atoms with Crippen molar-refractivity contribution in [3.05, 3.63) is 23.2 Å². The molecule has 0 aromatic carbocycles. The monoisotopic (exact) mass is 241 g/mol. The first-order valence-corrected chi connectivity index (χ1v) is 5.38. The van der Waals surface area contributed by atoms with Gasteiger partial charge < -0.3 is 10.1 Å². The predicted octanol–water partition coefficient (Wildman–Crippen LogP) is 1.04. The van der Waals surface area contributed by atoms with E-state index in [1.807, 2.05) is 0 Å². The maximum absolute atomic E-state index is 11.7. The Morgan fingerprint density at radius 2 is 2.31 bits per heavy atom. The first kappa shape index (κ1) is 11.3. The SMILES string of the molecule is COC1CC(NC(=O)c2cncc(Cl)n2)C1. The van der Waals surface area contributed by atoms with E-state index >= 15 is 0 Å². The van der Waals surface area contributed by atoms with Crippen LogP contribution in [0.4, 0.5) is 0 Å². The summed E-state index contributed by atoms with van der Waals surface area (Å²) in [5.74, 6) is -0.241. The summed E-state index contributed by atoms with van der Waals surface area (Å²) in [5, 5.41) is 3.06. The molecule has 1 N–H and O–H groups in total. The highest BCUT2D eigenvalue weighted by atomic mass is 35.5. The Morgan fingerprint density at radius 1 is 1.56 bits per heavy atom.